The highest BCUT2D eigenvalue weighted by atomic mass is 32.2. The van der Waals surface area contributed by atoms with Gasteiger partial charge in [0.2, 0.25) is 5.82 Å². The third-order valence-electron chi connectivity index (χ3n) is 5.20. The van der Waals surface area contributed by atoms with Gasteiger partial charge in [0.05, 0.1) is 23.7 Å². The minimum Gasteiger partial charge on any atom is -0.452 e. The number of H-pyrrole nitrogens is 1. The molecule has 0 spiro atoms. The number of aromatic amines is 1. The first-order valence-corrected chi connectivity index (χ1v) is 12.4. The number of halogens is 3. The molecule has 5 rings (SSSR count). The van der Waals surface area contributed by atoms with E-state index in [0.717, 1.165) is 24.4 Å². The highest BCUT2D eigenvalue weighted by Crippen LogP contribution is 2.40. The Hall–Kier alpha value is -4.52. The summed E-state index contributed by atoms with van der Waals surface area (Å²) < 4.78 is 79.3. The quantitative estimate of drug-likeness (QED) is 0.306. The lowest BCUT2D eigenvalue weighted by Crippen LogP contribution is -2.05. The van der Waals surface area contributed by atoms with E-state index in [-0.39, 0.29) is 33.4 Å². The van der Waals surface area contributed by atoms with Gasteiger partial charge in [0.15, 0.2) is 49.6 Å². The van der Waals surface area contributed by atoms with Crippen molar-refractivity contribution in [3.05, 3.63) is 78.6 Å². The summed E-state index contributed by atoms with van der Waals surface area (Å²) in [7, 11) is -3.55. The van der Waals surface area contributed by atoms with Crippen molar-refractivity contribution in [1.82, 2.24) is 24.9 Å². The van der Waals surface area contributed by atoms with Crippen LogP contribution in [0.25, 0.3) is 22.6 Å². The first-order chi connectivity index (χ1) is 17.8. The van der Waals surface area contributed by atoms with Crippen LogP contribution in [0.4, 0.5) is 13.2 Å². The SMILES string of the molecule is CCS(=O)(=O)c1ccc(Oc2cc3[nH]c(-c4cnccn4)nc3c(Oc3c(F)cccc3F)c2F)cn1. The molecular formula is C24H16F3N5O4S. The molecule has 13 heteroatoms. The Kier molecular flexibility index (Phi) is 6.21. The fourth-order valence-electron chi connectivity index (χ4n) is 3.35. The standard InChI is InChI=1S/C24H16F3N5O4S/c1-2-37(33,34)19-7-6-13(11-30-19)35-18-10-16-21(32-24(31-16)17-12-28-8-9-29-17)23(20(18)27)36-22-14(25)4-3-5-15(22)26/h3-12H,2H2,1H3,(H,31,32). The number of fused-ring (bicyclic) bond motifs is 1. The Balaban J connectivity index is 1.62. The predicted molar refractivity (Wildman–Crippen MR) is 126 cm³/mol. The van der Waals surface area contributed by atoms with Crippen molar-refractivity contribution < 1.29 is 31.1 Å². The van der Waals surface area contributed by atoms with Crippen molar-refractivity contribution in [2.24, 2.45) is 0 Å². The van der Waals surface area contributed by atoms with E-state index in [1.165, 1.54) is 43.7 Å². The summed E-state index contributed by atoms with van der Waals surface area (Å²) in [6.07, 6.45) is 5.42. The number of benzene rings is 2. The van der Waals surface area contributed by atoms with E-state index in [4.69, 9.17) is 9.47 Å². The number of rotatable bonds is 7. The highest BCUT2D eigenvalue weighted by Gasteiger charge is 2.24. The Morgan fingerprint density at radius 3 is 2.38 bits per heavy atom. The maximum absolute atomic E-state index is 15.7. The summed E-state index contributed by atoms with van der Waals surface area (Å²) in [5.41, 5.74) is 0.430. The number of ether oxygens (including phenoxy) is 2. The van der Waals surface area contributed by atoms with Crippen molar-refractivity contribution in [3.8, 4) is 34.5 Å². The molecule has 0 bridgehead atoms. The Bertz CT molecular complexity index is 1690. The molecule has 3 heterocycles. The molecule has 5 aromatic rings. The number of para-hydroxylation sites is 1. The third kappa shape index (κ3) is 4.68. The van der Waals surface area contributed by atoms with Gasteiger partial charge in [0, 0.05) is 18.5 Å². The molecule has 37 heavy (non-hydrogen) atoms. The zero-order valence-electron chi connectivity index (χ0n) is 18.9. The lowest BCUT2D eigenvalue weighted by molar-refractivity contribution is 0.375. The molecule has 0 unspecified atom stereocenters. The summed E-state index contributed by atoms with van der Waals surface area (Å²) in [6.45, 7) is 1.48. The molecule has 0 saturated heterocycles. The number of sulfone groups is 1. The van der Waals surface area contributed by atoms with E-state index < -0.39 is 44.5 Å². The second-order valence-electron chi connectivity index (χ2n) is 7.58. The summed E-state index contributed by atoms with van der Waals surface area (Å²) >= 11 is 0. The molecule has 0 saturated carbocycles. The van der Waals surface area contributed by atoms with E-state index in [9.17, 15) is 17.2 Å². The average Bonchev–Trinajstić information content (AvgIpc) is 3.33. The summed E-state index contributed by atoms with van der Waals surface area (Å²) in [4.78, 5) is 19.2. The average molecular weight is 527 g/mol. The summed E-state index contributed by atoms with van der Waals surface area (Å²) in [5.74, 6) is -5.02. The van der Waals surface area contributed by atoms with Crippen molar-refractivity contribution in [2.45, 2.75) is 11.9 Å². The molecule has 0 aliphatic rings. The largest absolute Gasteiger partial charge is 0.452 e. The fourth-order valence-corrected chi connectivity index (χ4v) is 4.14. The van der Waals surface area contributed by atoms with Gasteiger partial charge in [-0.15, -0.1) is 0 Å². The Morgan fingerprint density at radius 1 is 0.946 bits per heavy atom. The van der Waals surface area contributed by atoms with Crippen LogP contribution in [-0.4, -0.2) is 39.1 Å². The van der Waals surface area contributed by atoms with E-state index in [1.54, 1.807) is 0 Å². The number of nitrogens with one attached hydrogen (secondary N) is 1. The maximum Gasteiger partial charge on any atom is 0.210 e. The molecule has 1 N–H and O–H groups in total. The third-order valence-corrected chi connectivity index (χ3v) is 6.84. The minimum absolute atomic E-state index is 0.00462. The van der Waals surface area contributed by atoms with Gasteiger partial charge >= 0.3 is 0 Å². The lowest BCUT2D eigenvalue weighted by atomic mass is 10.2. The molecular weight excluding hydrogens is 511 g/mol. The number of nitrogens with zero attached hydrogens (tertiary/aromatic N) is 4. The van der Waals surface area contributed by atoms with Crippen molar-refractivity contribution in [2.75, 3.05) is 5.75 Å². The first kappa shape index (κ1) is 24.2. The van der Waals surface area contributed by atoms with Crippen molar-refractivity contribution in [1.29, 1.82) is 0 Å². The number of pyridine rings is 1. The molecule has 0 aliphatic carbocycles. The van der Waals surface area contributed by atoms with Crippen LogP contribution in [0.5, 0.6) is 23.0 Å². The lowest BCUT2D eigenvalue weighted by Gasteiger charge is -2.13. The van der Waals surface area contributed by atoms with Crippen LogP contribution >= 0.6 is 0 Å². The Labute approximate surface area is 207 Å². The summed E-state index contributed by atoms with van der Waals surface area (Å²) in [6, 6.07) is 6.84. The van der Waals surface area contributed by atoms with Crippen LogP contribution in [0, 0.1) is 17.5 Å². The number of imidazole rings is 1. The van der Waals surface area contributed by atoms with Crippen LogP contribution in [0.15, 0.2) is 66.2 Å². The molecule has 2 aromatic carbocycles. The molecule has 3 aromatic heterocycles. The fraction of sp³-hybridized carbons (Fsp3) is 0.0833. The first-order valence-electron chi connectivity index (χ1n) is 10.7. The Morgan fingerprint density at radius 2 is 1.73 bits per heavy atom. The molecule has 0 aliphatic heterocycles. The minimum atomic E-state index is -3.55. The maximum atomic E-state index is 15.7. The zero-order chi connectivity index (χ0) is 26.2. The van der Waals surface area contributed by atoms with Gasteiger partial charge in [-0.3, -0.25) is 4.98 Å². The van der Waals surface area contributed by atoms with Crippen LogP contribution in [0.2, 0.25) is 0 Å². The zero-order valence-corrected chi connectivity index (χ0v) is 19.8. The van der Waals surface area contributed by atoms with Crippen molar-refractivity contribution in [3.63, 3.8) is 0 Å². The molecule has 0 atom stereocenters. The number of aromatic nitrogens is 5. The van der Waals surface area contributed by atoms with Gasteiger partial charge in [-0.05, 0) is 24.3 Å². The van der Waals surface area contributed by atoms with E-state index >= 15 is 4.39 Å². The highest BCUT2D eigenvalue weighted by molar-refractivity contribution is 7.91. The normalized spacial score (nSPS) is 11.6. The van der Waals surface area contributed by atoms with Crippen LogP contribution in [-0.2, 0) is 9.84 Å². The van der Waals surface area contributed by atoms with Crippen molar-refractivity contribution >= 4 is 20.9 Å². The van der Waals surface area contributed by atoms with E-state index in [2.05, 4.69) is 24.9 Å². The van der Waals surface area contributed by atoms with Gasteiger partial charge in [-0.2, -0.15) is 4.39 Å². The molecule has 0 fully saturated rings. The van der Waals surface area contributed by atoms with Gasteiger partial charge in [-0.25, -0.2) is 32.2 Å². The molecule has 188 valence electrons. The second-order valence-corrected chi connectivity index (χ2v) is 9.81. The topological polar surface area (TPSA) is 120 Å². The molecule has 9 nitrogen and oxygen atoms in total. The summed E-state index contributed by atoms with van der Waals surface area (Å²) in [5, 5.41) is -0.167. The second kappa shape index (κ2) is 9.50. The van der Waals surface area contributed by atoms with E-state index in [0.29, 0.717) is 5.69 Å². The van der Waals surface area contributed by atoms with Crippen LogP contribution in [0.3, 0.4) is 0 Å². The molecule has 0 radical (unpaired) electrons. The molecule has 0 amide bonds. The predicted octanol–water partition coefficient (Wildman–Crippen LogP) is 5.21. The van der Waals surface area contributed by atoms with Gasteiger partial charge in [0.1, 0.15) is 17.0 Å². The van der Waals surface area contributed by atoms with Gasteiger partial charge in [0.25, 0.3) is 0 Å². The smallest absolute Gasteiger partial charge is 0.210 e. The number of hydrogen-bond donors (Lipinski definition) is 1. The monoisotopic (exact) mass is 527 g/mol. The van der Waals surface area contributed by atoms with Crippen LogP contribution in [0.1, 0.15) is 6.92 Å². The van der Waals surface area contributed by atoms with E-state index in [1.807, 2.05) is 0 Å². The van der Waals surface area contributed by atoms with Crippen LogP contribution < -0.4 is 9.47 Å². The van der Waals surface area contributed by atoms with Gasteiger partial charge < -0.3 is 14.5 Å². The number of hydrogen-bond acceptors (Lipinski definition) is 8. The van der Waals surface area contributed by atoms with Gasteiger partial charge in [-0.1, -0.05) is 13.0 Å².